The van der Waals surface area contributed by atoms with Crippen molar-refractivity contribution in [1.82, 2.24) is 10.2 Å². The number of amides is 1. The van der Waals surface area contributed by atoms with Gasteiger partial charge in [-0.25, -0.2) is 0 Å². The number of carbonyl (C=O) groups is 1. The lowest BCUT2D eigenvalue weighted by molar-refractivity contribution is -0.132. The van der Waals surface area contributed by atoms with Crippen LogP contribution in [0.25, 0.3) is 0 Å². The Kier molecular flexibility index (Phi) is 4.80. The maximum Gasteiger partial charge on any atom is 0.222 e. The fraction of sp³-hybridized carbons (Fsp3) is 0.467. The van der Waals surface area contributed by atoms with Crippen molar-refractivity contribution in [3.8, 4) is 0 Å². The zero-order valence-electron chi connectivity index (χ0n) is 12.5. The molecule has 0 aromatic heterocycles. The number of amidine groups is 1. The van der Waals surface area contributed by atoms with Gasteiger partial charge in [0.25, 0.3) is 0 Å². The maximum atomic E-state index is 11.5. The number of piperidine rings is 1. The summed E-state index contributed by atoms with van der Waals surface area (Å²) in [4.78, 5) is 13.2. The minimum Gasteiger partial charge on any atom is -0.409 e. The van der Waals surface area contributed by atoms with Crippen LogP contribution in [0, 0.1) is 6.92 Å². The quantitative estimate of drug-likeness (QED) is 0.331. The van der Waals surface area contributed by atoms with Crippen molar-refractivity contribution in [1.29, 1.82) is 0 Å². The van der Waals surface area contributed by atoms with Gasteiger partial charge in [0.1, 0.15) is 0 Å². The molecular weight excluding hydrogens is 268 g/mol. The van der Waals surface area contributed by atoms with Gasteiger partial charge in [0.2, 0.25) is 5.91 Å². The summed E-state index contributed by atoms with van der Waals surface area (Å²) >= 11 is 0. The van der Waals surface area contributed by atoms with E-state index in [1.807, 2.05) is 32.2 Å². The Morgan fingerprint density at radius 2 is 2.33 bits per heavy atom. The van der Waals surface area contributed by atoms with Gasteiger partial charge >= 0.3 is 0 Å². The molecule has 4 N–H and O–H groups in total. The van der Waals surface area contributed by atoms with Gasteiger partial charge in [-0.1, -0.05) is 17.3 Å². The van der Waals surface area contributed by atoms with Crippen LogP contribution >= 0.6 is 0 Å². The van der Waals surface area contributed by atoms with Crippen molar-refractivity contribution in [3.63, 3.8) is 0 Å². The molecule has 0 spiro atoms. The number of nitrogens with one attached hydrogen (secondary N) is 1. The molecule has 2 rings (SSSR count). The van der Waals surface area contributed by atoms with E-state index >= 15 is 0 Å². The van der Waals surface area contributed by atoms with Crippen LogP contribution in [0.1, 0.15) is 29.5 Å². The molecule has 1 aliphatic rings. The highest BCUT2D eigenvalue weighted by Crippen LogP contribution is 2.14. The maximum absolute atomic E-state index is 11.5. The molecule has 1 unspecified atom stereocenters. The second kappa shape index (κ2) is 6.58. The van der Waals surface area contributed by atoms with E-state index in [1.165, 1.54) is 5.56 Å². The second-order valence-corrected chi connectivity index (χ2v) is 5.52. The molecule has 114 valence electrons. The van der Waals surface area contributed by atoms with Crippen LogP contribution in [0.4, 0.5) is 0 Å². The highest BCUT2D eigenvalue weighted by molar-refractivity contribution is 5.97. The topological polar surface area (TPSA) is 91.0 Å². The van der Waals surface area contributed by atoms with E-state index in [0.717, 1.165) is 25.1 Å². The van der Waals surface area contributed by atoms with Gasteiger partial charge in [0.05, 0.1) is 0 Å². The van der Waals surface area contributed by atoms with E-state index < -0.39 is 0 Å². The highest BCUT2D eigenvalue weighted by Gasteiger charge is 2.22. The third-order valence-corrected chi connectivity index (χ3v) is 3.95. The molecule has 0 aliphatic carbocycles. The Bertz CT molecular complexity index is 557. The Labute approximate surface area is 124 Å². The molecule has 1 atom stereocenters. The molecular formula is C15H22N4O2. The lowest BCUT2D eigenvalue weighted by Gasteiger charge is -2.30. The molecule has 6 nitrogen and oxygen atoms in total. The lowest BCUT2D eigenvalue weighted by atomic mass is 10.0. The first-order chi connectivity index (χ1) is 10.0. The van der Waals surface area contributed by atoms with E-state index in [4.69, 9.17) is 10.9 Å². The monoisotopic (exact) mass is 290 g/mol. The smallest absolute Gasteiger partial charge is 0.222 e. The summed E-state index contributed by atoms with van der Waals surface area (Å²) in [6, 6.07) is 6.06. The van der Waals surface area contributed by atoms with E-state index in [-0.39, 0.29) is 11.7 Å². The molecule has 1 saturated heterocycles. The summed E-state index contributed by atoms with van der Waals surface area (Å²) < 4.78 is 0. The standard InChI is InChI=1S/C15H22N4O2/c1-10-7-11(15(16)18-21)3-4-12(10)8-17-13-5-6-14(20)19(2)9-13/h3-4,7,13,17,21H,5-6,8-9H2,1-2H3,(H2,16,18). The summed E-state index contributed by atoms with van der Waals surface area (Å²) in [5, 5.41) is 15.2. The summed E-state index contributed by atoms with van der Waals surface area (Å²) in [6.45, 7) is 3.50. The van der Waals surface area contributed by atoms with Crippen LogP contribution in [-0.4, -0.2) is 41.5 Å². The molecule has 1 amide bonds. The van der Waals surface area contributed by atoms with Crippen LogP contribution in [0.2, 0.25) is 0 Å². The molecule has 21 heavy (non-hydrogen) atoms. The fourth-order valence-corrected chi connectivity index (χ4v) is 2.54. The van der Waals surface area contributed by atoms with Crippen LogP contribution in [0.5, 0.6) is 0 Å². The first-order valence-corrected chi connectivity index (χ1v) is 7.06. The molecule has 0 radical (unpaired) electrons. The van der Waals surface area contributed by atoms with Crippen LogP contribution in [-0.2, 0) is 11.3 Å². The number of rotatable bonds is 4. The summed E-state index contributed by atoms with van der Waals surface area (Å²) in [5.41, 5.74) is 8.55. The van der Waals surface area contributed by atoms with Gasteiger partial charge in [-0.3, -0.25) is 4.79 Å². The van der Waals surface area contributed by atoms with Gasteiger partial charge in [-0.2, -0.15) is 0 Å². The summed E-state index contributed by atoms with van der Waals surface area (Å²) in [7, 11) is 1.84. The molecule has 1 aromatic carbocycles. The second-order valence-electron chi connectivity index (χ2n) is 5.52. The highest BCUT2D eigenvalue weighted by atomic mass is 16.4. The van der Waals surface area contributed by atoms with Crippen molar-refractivity contribution in [2.24, 2.45) is 10.9 Å². The van der Waals surface area contributed by atoms with Crippen molar-refractivity contribution < 1.29 is 10.0 Å². The minimum absolute atomic E-state index is 0.116. The van der Waals surface area contributed by atoms with Crippen molar-refractivity contribution >= 4 is 11.7 Å². The van der Waals surface area contributed by atoms with E-state index in [9.17, 15) is 4.79 Å². The predicted octanol–water partition coefficient (Wildman–Crippen LogP) is 0.800. The van der Waals surface area contributed by atoms with Crippen molar-refractivity contribution in [3.05, 3.63) is 34.9 Å². The van der Waals surface area contributed by atoms with Crippen LogP contribution in [0.3, 0.4) is 0 Å². The first kappa shape index (κ1) is 15.3. The average molecular weight is 290 g/mol. The van der Waals surface area contributed by atoms with Crippen LogP contribution < -0.4 is 11.1 Å². The summed E-state index contributed by atoms with van der Waals surface area (Å²) in [6.07, 6.45) is 1.49. The Morgan fingerprint density at radius 1 is 1.57 bits per heavy atom. The third-order valence-electron chi connectivity index (χ3n) is 3.95. The molecule has 6 heteroatoms. The largest absolute Gasteiger partial charge is 0.409 e. The van der Waals surface area contributed by atoms with E-state index in [2.05, 4.69) is 10.5 Å². The fourth-order valence-electron chi connectivity index (χ4n) is 2.54. The number of nitrogens with two attached hydrogens (primary N) is 1. The van der Waals surface area contributed by atoms with Crippen molar-refractivity contribution in [2.45, 2.75) is 32.4 Å². The Morgan fingerprint density at radius 3 is 2.95 bits per heavy atom. The zero-order valence-corrected chi connectivity index (χ0v) is 12.5. The average Bonchev–Trinajstić information content (AvgIpc) is 2.48. The summed E-state index contributed by atoms with van der Waals surface area (Å²) in [5.74, 6) is 0.331. The van der Waals surface area contributed by atoms with Gasteiger partial charge in [-0.05, 0) is 30.5 Å². The number of hydrogen-bond donors (Lipinski definition) is 3. The third kappa shape index (κ3) is 3.72. The van der Waals surface area contributed by atoms with Crippen LogP contribution in [0.15, 0.2) is 23.4 Å². The molecule has 0 saturated carbocycles. The molecule has 0 bridgehead atoms. The number of nitrogens with zero attached hydrogens (tertiary/aromatic N) is 2. The number of benzene rings is 1. The Hall–Kier alpha value is -2.08. The number of likely N-dealkylation sites (N-methyl/N-ethyl adjacent to an activating group) is 1. The first-order valence-electron chi connectivity index (χ1n) is 7.06. The van der Waals surface area contributed by atoms with Gasteiger partial charge in [0, 0.05) is 38.2 Å². The number of oxime groups is 1. The van der Waals surface area contributed by atoms with Crippen molar-refractivity contribution in [2.75, 3.05) is 13.6 Å². The number of aryl methyl sites for hydroxylation is 1. The molecule has 1 fully saturated rings. The van der Waals surface area contributed by atoms with E-state index in [1.54, 1.807) is 4.90 Å². The minimum atomic E-state index is 0.116. The Balaban J connectivity index is 1.96. The number of carbonyl (C=O) groups excluding carboxylic acids is 1. The number of hydrogen-bond acceptors (Lipinski definition) is 4. The normalized spacial score (nSPS) is 19.9. The lowest BCUT2D eigenvalue weighted by Crippen LogP contribution is -2.46. The molecule has 1 aliphatic heterocycles. The van der Waals surface area contributed by atoms with Gasteiger partial charge < -0.3 is 21.2 Å². The SMILES string of the molecule is Cc1cc(/C(N)=N/O)ccc1CNC1CCC(=O)N(C)C1. The zero-order chi connectivity index (χ0) is 15.4. The molecule has 1 heterocycles. The molecule has 1 aromatic rings. The van der Waals surface area contributed by atoms with Gasteiger partial charge in [-0.15, -0.1) is 0 Å². The number of likely N-dealkylation sites (tertiary alicyclic amines) is 1. The van der Waals surface area contributed by atoms with Gasteiger partial charge in [0.15, 0.2) is 5.84 Å². The predicted molar refractivity (Wildman–Crippen MR) is 81.2 cm³/mol. The van der Waals surface area contributed by atoms with E-state index in [0.29, 0.717) is 18.0 Å².